The van der Waals surface area contributed by atoms with Crippen LogP contribution in [0.3, 0.4) is 0 Å². The highest BCUT2D eigenvalue weighted by atomic mass is 15.2. The maximum atomic E-state index is 4.32. The van der Waals surface area contributed by atoms with Crippen LogP contribution in [0.2, 0.25) is 0 Å². The van der Waals surface area contributed by atoms with Gasteiger partial charge in [-0.25, -0.2) is 0 Å². The van der Waals surface area contributed by atoms with Crippen molar-refractivity contribution in [3.63, 3.8) is 0 Å². The Hall–Kier alpha value is -1.55. The fourth-order valence-electron chi connectivity index (χ4n) is 3.11. The molecule has 2 rings (SSSR count). The molecule has 1 fully saturated rings. The van der Waals surface area contributed by atoms with Crippen LogP contribution in [0.1, 0.15) is 31.7 Å². The summed E-state index contributed by atoms with van der Waals surface area (Å²) in [4.78, 5) is 6.89. The van der Waals surface area contributed by atoms with Crippen LogP contribution in [-0.2, 0) is 6.42 Å². The smallest absolute Gasteiger partial charge is 0.190 e. The lowest BCUT2D eigenvalue weighted by Crippen LogP contribution is -2.41. The Bertz CT molecular complexity index is 452. The zero-order valence-corrected chi connectivity index (χ0v) is 14.7. The third-order valence-electron chi connectivity index (χ3n) is 4.39. The molecular weight excluding hydrogens is 284 g/mol. The molecule has 0 amide bonds. The molecule has 0 saturated carbocycles. The van der Waals surface area contributed by atoms with E-state index < -0.39 is 0 Å². The van der Waals surface area contributed by atoms with E-state index in [0.29, 0.717) is 5.92 Å². The van der Waals surface area contributed by atoms with Crippen LogP contribution in [0, 0.1) is 5.92 Å². The number of hydrogen-bond acceptors (Lipinski definition) is 2. The molecule has 1 aliphatic rings. The Morgan fingerprint density at radius 3 is 2.61 bits per heavy atom. The summed E-state index contributed by atoms with van der Waals surface area (Å²) in [6.07, 6.45) is 4.96. The van der Waals surface area contributed by atoms with Crippen LogP contribution < -0.4 is 10.6 Å². The SMILES string of the molecule is CN=C(NCCCc1ccccc1)NCC(C)CN1CCCC1. The van der Waals surface area contributed by atoms with Gasteiger partial charge in [-0.05, 0) is 50.3 Å². The molecule has 1 atom stereocenters. The molecule has 4 nitrogen and oxygen atoms in total. The van der Waals surface area contributed by atoms with E-state index in [1.54, 1.807) is 0 Å². The highest BCUT2D eigenvalue weighted by Gasteiger charge is 2.14. The van der Waals surface area contributed by atoms with E-state index in [1.807, 2.05) is 7.05 Å². The van der Waals surface area contributed by atoms with Gasteiger partial charge in [-0.15, -0.1) is 0 Å². The van der Waals surface area contributed by atoms with Crippen molar-refractivity contribution in [2.45, 2.75) is 32.6 Å². The van der Waals surface area contributed by atoms with Crippen molar-refractivity contribution in [3.8, 4) is 0 Å². The Balaban J connectivity index is 1.57. The zero-order valence-electron chi connectivity index (χ0n) is 14.7. The maximum Gasteiger partial charge on any atom is 0.190 e. The summed E-state index contributed by atoms with van der Waals surface area (Å²) in [6, 6.07) is 10.6. The van der Waals surface area contributed by atoms with Crippen LogP contribution in [-0.4, -0.2) is 50.6 Å². The van der Waals surface area contributed by atoms with Crippen molar-refractivity contribution in [2.24, 2.45) is 10.9 Å². The summed E-state index contributed by atoms with van der Waals surface area (Å²) in [5.74, 6) is 1.57. The molecule has 0 aliphatic carbocycles. The summed E-state index contributed by atoms with van der Waals surface area (Å²) in [5, 5.41) is 6.87. The first-order valence-electron chi connectivity index (χ1n) is 8.98. The molecule has 0 spiro atoms. The highest BCUT2D eigenvalue weighted by molar-refractivity contribution is 5.79. The lowest BCUT2D eigenvalue weighted by Gasteiger charge is -2.21. The number of nitrogens with one attached hydrogen (secondary N) is 2. The van der Waals surface area contributed by atoms with Gasteiger partial charge in [-0.1, -0.05) is 37.3 Å². The monoisotopic (exact) mass is 316 g/mol. The number of rotatable bonds is 8. The third-order valence-corrected chi connectivity index (χ3v) is 4.39. The average Bonchev–Trinajstić information content (AvgIpc) is 3.08. The third kappa shape index (κ3) is 7.04. The molecule has 1 aromatic carbocycles. The summed E-state index contributed by atoms with van der Waals surface area (Å²) in [5.41, 5.74) is 1.40. The van der Waals surface area contributed by atoms with Crippen molar-refractivity contribution in [3.05, 3.63) is 35.9 Å². The molecule has 1 saturated heterocycles. The number of hydrogen-bond donors (Lipinski definition) is 2. The number of likely N-dealkylation sites (tertiary alicyclic amines) is 1. The number of benzene rings is 1. The largest absolute Gasteiger partial charge is 0.356 e. The van der Waals surface area contributed by atoms with Crippen molar-refractivity contribution in [1.82, 2.24) is 15.5 Å². The van der Waals surface area contributed by atoms with Gasteiger partial charge in [-0.3, -0.25) is 4.99 Å². The van der Waals surface area contributed by atoms with E-state index in [0.717, 1.165) is 31.9 Å². The Morgan fingerprint density at radius 2 is 1.91 bits per heavy atom. The molecule has 2 N–H and O–H groups in total. The minimum atomic E-state index is 0.649. The van der Waals surface area contributed by atoms with Gasteiger partial charge in [0.1, 0.15) is 0 Å². The Kier molecular flexibility index (Phi) is 7.95. The van der Waals surface area contributed by atoms with Gasteiger partial charge in [0.15, 0.2) is 5.96 Å². The predicted octanol–water partition coefficient (Wildman–Crippen LogP) is 2.52. The molecular formula is C19H32N4. The van der Waals surface area contributed by atoms with E-state index in [4.69, 9.17) is 0 Å². The molecule has 0 radical (unpaired) electrons. The minimum absolute atomic E-state index is 0.649. The van der Waals surface area contributed by atoms with Crippen LogP contribution in [0.25, 0.3) is 0 Å². The van der Waals surface area contributed by atoms with Crippen LogP contribution in [0.15, 0.2) is 35.3 Å². The van der Waals surface area contributed by atoms with Crippen molar-refractivity contribution in [1.29, 1.82) is 0 Å². The highest BCUT2D eigenvalue weighted by Crippen LogP contribution is 2.09. The van der Waals surface area contributed by atoms with Crippen LogP contribution >= 0.6 is 0 Å². The molecule has 1 aliphatic heterocycles. The zero-order chi connectivity index (χ0) is 16.3. The number of aryl methyl sites for hydroxylation is 1. The minimum Gasteiger partial charge on any atom is -0.356 e. The van der Waals surface area contributed by atoms with Gasteiger partial charge in [0.25, 0.3) is 0 Å². The second kappa shape index (κ2) is 10.3. The molecule has 1 heterocycles. The molecule has 0 bridgehead atoms. The van der Waals surface area contributed by atoms with E-state index in [9.17, 15) is 0 Å². The van der Waals surface area contributed by atoms with Crippen LogP contribution in [0.4, 0.5) is 0 Å². The van der Waals surface area contributed by atoms with Gasteiger partial charge in [0.05, 0.1) is 0 Å². The van der Waals surface area contributed by atoms with Gasteiger partial charge in [-0.2, -0.15) is 0 Å². The standard InChI is InChI=1S/C19H32N4/c1-17(16-23-13-6-7-14-23)15-22-19(20-2)21-12-8-11-18-9-4-3-5-10-18/h3-5,9-10,17H,6-8,11-16H2,1-2H3,(H2,20,21,22). The van der Waals surface area contributed by atoms with E-state index in [2.05, 4.69) is 57.8 Å². The quantitative estimate of drug-likeness (QED) is 0.440. The summed E-state index contributed by atoms with van der Waals surface area (Å²) in [7, 11) is 1.84. The summed E-state index contributed by atoms with van der Waals surface area (Å²) < 4.78 is 0. The first kappa shape index (κ1) is 17.8. The lowest BCUT2D eigenvalue weighted by molar-refractivity contribution is 0.287. The van der Waals surface area contributed by atoms with Gasteiger partial charge < -0.3 is 15.5 Å². The molecule has 1 unspecified atom stereocenters. The van der Waals surface area contributed by atoms with E-state index >= 15 is 0 Å². The second-order valence-electron chi connectivity index (χ2n) is 6.58. The van der Waals surface area contributed by atoms with Crippen molar-refractivity contribution >= 4 is 5.96 Å². The second-order valence-corrected chi connectivity index (χ2v) is 6.58. The first-order chi connectivity index (χ1) is 11.3. The Labute approximate surface area is 141 Å². The molecule has 128 valence electrons. The fraction of sp³-hybridized carbons (Fsp3) is 0.632. The lowest BCUT2D eigenvalue weighted by atomic mass is 10.1. The van der Waals surface area contributed by atoms with Gasteiger partial charge >= 0.3 is 0 Å². The number of nitrogens with zero attached hydrogens (tertiary/aromatic N) is 2. The normalized spacial score (nSPS) is 17.2. The molecule has 1 aromatic rings. The van der Waals surface area contributed by atoms with Crippen LogP contribution in [0.5, 0.6) is 0 Å². The molecule has 4 heteroatoms. The topological polar surface area (TPSA) is 39.7 Å². The average molecular weight is 316 g/mol. The fourth-order valence-corrected chi connectivity index (χ4v) is 3.11. The van der Waals surface area contributed by atoms with E-state index in [-0.39, 0.29) is 0 Å². The van der Waals surface area contributed by atoms with E-state index in [1.165, 1.54) is 38.0 Å². The number of guanidine groups is 1. The van der Waals surface area contributed by atoms with Gasteiger partial charge in [0.2, 0.25) is 0 Å². The van der Waals surface area contributed by atoms with Gasteiger partial charge in [0, 0.05) is 26.7 Å². The summed E-state index contributed by atoms with van der Waals surface area (Å²) in [6.45, 7) is 7.99. The maximum absolute atomic E-state index is 4.32. The van der Waals surface area contributed by atoms with Crippen molar-refractivity contribution < 1.29 is 0 Å². The predicted molar refractivity (Wildman–Crippen MR) is 99.0 cm³/mol. The molecule has 23 heavy (non-hydrogen) atoms. The Morgan fingerprint density at radius 1 is 1.17 bits per heavy atom. The number of aliphatic imine (C=N–C) groups is 1. The van der Waals surface area contributed by atoms with Crippen molar-refractivity contribution in [2.75, 3.05) is 39.8 Å². The summed E-state index contributed by atoms with van der Waals surface area (Å²) >= 11 is 0. The first-order valence-corrected chi connectivity index (χ1v) is 8.98. The molecule has 0 aromatic heterocycles.